The summed E-state index contributed by atoms with van der Waals surface area (Å²) in [6.07, 6.45) is 4.04. The number of anilines is 2. The molecule has 0 aliphatic rings. The maximum atomic E-state index is 12.1. The Bertz CT molecular complexity index is 5430. The lowest BCUT2D eigenvalue weighted by Gasteiger charge is -2.18. The van der Waals surface area contributed by atoms with E-state index in [0.29, 0.717) is 70.5 Å². The van der Waals surface area contributed by atoms with Crippen LogP contribution in [0.15, 0.2) is 274 Å². The number of aliphatic hydroxyl groups is 3. The number of nitrogens with two attached hydrogens (primary N) is 3. The third-order valence-corrected chi connectivity index (χ3v) is 22.6. The summed E-state index contributed by atoms with van der Waals surface area (Å²) in [6, 6.07) is 64.9. The quantitative estimate of drug-likeness (QED) is 0.00240. The number of ether oxygens (including phenoxy) is 2. The lowest BCUT2D eigenvalue weighted by molar-refractivity contribution is -0.134. The molecule has 1 amide bonds. The van der Waals surface area contributed by atoms with Crippen molar-refractivity contribution in [1.82, 2.24) is 5.32 Å². The number of alkyl halides is 2. The van der Waals surface area contributed by atoms with E-state index in [0.717, 1.165) is 69.4 Å². The number of aromatic carboxylic acids is 1. The van der Waals surface area contributed by atoms with Crippen molar-refractivity contribution >= 4 is 170 Å². The number of carbonyl (C=O) groups excluding carboxylic acids is 3. The zero-order valence-electron chi connectivity index (χ0n) is 84.1. The van der Waals surface area contributed by atoms with Crippen molar-refractivity contribution in [2.45, 2.75) is 155 Å². The summed E-state index contributed by atoms with van der Waals surface area (Å²) in [7, 11) is 0.250. The second-order valence-corrected chi connectivity index (χ2v) is 35.0. The zero-order chi connectivity index (χ0) is 107. The molecular formula is C107H131ClFIN10O13S5. The number of nitrogen functional groups attached to an aromatic ring is 2. The Balaban J connectivity index is -0.000000770. The summed E-state index contributed by atoms with van der Waals surface area (Å²) < 4.78 is 37.5. The van der Waals surface area contributed by atoms with Crippen LogP contribution in [0.4, 0.5) is 49.9 Å². The normalized spacial score (nSPS) is 10.1. The molecule has 23 nitrogen and oxygen atoms in total. The molecule has 0 aromatic heterocycles. The first-order valence-electron chi connectivity index (χ1n) is 44.6. The maximum Gasteiger partial charge on any atom is 0.338 e. The number of hydrogen-bond donors (Lipinski definition) is 10. The number of hydrogen-bond acceptors (Lipinski definition) is 25. The van der Waals surface area contributed by atoms with Crippen molar-refractivity contribution in [2.24, 2.45) is 66.2 Å². The van der Waals surface area contributed by atoms with Crippen LogP contribution in [0.5, 0.6) is 5.75 Å². The van der Waals surface area contributed by atoms with Crippen LogP contribution in [-0.2, 0) is 14.3 Å². The summed E-state index contributed by atoms with van der Waals surface area (Å²) in [4.78, 5) is 65.0. The van der Waals surface area contributed by atoms with E-state index in [-0.39, 0.29) is 36.6 Å². The van der Waals surface area contributed by atoms with Gasteiger partial charge in [0.1, 0.15) is 6.92 Å². The van der Waals surface area contributed by atoms with E-state index in [4.69, 9.17) is 57.3 Å². The monoisotopic (exact) mass is 2110 g/mol. The van der Waals surface area contributed by atoms with Crippen LogP contribution in [0.25, 0.3) is 0 Å². The summed E-state index contributed by atoms with van der Waals surface area (Å²) in [5.74, 6) is 42.6. The van der Waals surface area contributed by atoms with E-state index in [9.17, 15) is 33.8 Å². The number of aliphatic hydroxyl groups excluding tert-OH is 3. The zero-order valence-corrected chi connectivity index (χ0v) is 88.2. The number of aliphatic carboxylic acids is 1. The molecule has 9 aromatic rings. The number of azo groups is 3. The predicted molar refractivity (Wildman–Crippen MR) is 585 cm³/mol. The molecule has 12 N–H and O–H groups in total. The van der Waals surface area contributed by atoms with Crippen LogP contribution < -0.4 is 27.5 Å². The van der Waals surface area contributed by atoms with Crippen LogP contribution in [-0.4, -0.2) is 130 Å². The van der Waals surface area contributed by atoms with Gasteiger partial charge in [-0.2, -0.15) is 36.6 Å². The number of amides is 1. The molecule has 738 valence electrons. The number of carbonyl (C=O) groups is 5. The minimum absolute atomic E-state index is 0.241. The minimum atomic E-state index is -1.00. The Labute approximate surface area is 863 Å². The van der Waals surface area contributed by atoms with Gasteiger partial charge in [-0.15, -0.1) is 78.4 Å². The lowest BCUT2D eigenvalue weighted by Crippen LogP contribution is -2.44. The Morgan fingerprint density at radius 2 is 0.732 bits per heavy atom. The minimum Gasteiger partial charge on any atom is -0.481 e. The number of benzene rings is 9. The van der Waals surface area contributed by atoms with Crippen LogP contribution in [0, 0.1) is 113 Å². The molecule has 9 aromatic carbocycles. The first kappa shape index (κ1) is 126. The Morgan fingerprint density at radius 1 is 0.486 bits per heavy atom. The van der Waals surface area contributed by atoms with Gasteiger partial charge in [0.05, 0.1) is 91.3 Å². The number of carboxylic acids is 2. The highest BCUT2D eigenvalue weighted by molar-refractivity contribution is 14.1. The number of nitrogens with one attached hydrogen (secondary N) is 1. The highest BCUT2D eigenvalue weighted by Gasteiger charge is 2.18. The molecule has 0 saturated carbocycles. The molecule has 0 radical (unpaired) electrons. The van der Waals surface area contributed by atoms with Crippen molar-refractivity contribution in [3.05, 3.63) is 241 Å². The number of carboxylic acid groups (broad SMARTS) is 2. The first-order chi connectivity index (χ1) is 67.5. The molecular weight excluding hydrogens is 1970 g/mol. The second kappa shape index (κ2) is 85.4. The fourth-order valence-corrected chi connectivity index (χ4v) is 11.9. The average molecular weight is 2110 g/mol. The van der Waals surface area contributed by atoms with Gasteiger partial charge in [-0.25, -0.2) is 14.4 Å². The van der Waals surface area contributed by atoms with Crippen LogP contribution in [0.2, 0.25) is 0 Å². The topological polar surface area (TPSA) is 378 Å². The smallest absolute Gasteiger partial charge is 0.338 e. The Hall–Kier alpha value is -12.0. The molecule has 0 unspecified atom stereocenters. The van der Waals surface area contributed by atoms with Gasteiger partial charge in [-0.1, -0.05) is 105 Å². The molecule has 31 heteroatoms. The number of halogens is 3. The molecule has 0 aliphatic carbocycles. The third-order valence-electron chi connectivity index (χ3n) is 14.8. The highest BCUT2D eigenvalue weighted by atomic mass is 127. The van der Waals surface area contributed by atoms with Gasteiger partial charge in [0.25, 0.3) is 11.9 Å². The molecule has 0 aliphatic heterocycles. The molecule has 0 heterocycles. The number of rotatable bonds is 29. The molecule has 0 bridgehead atoms. The number of thiol groups is 1. The van der Waals surface area contributed by atoms with E-state index in [1.807, 2.05) is 144 Å². The average Bonchev–Trinajstić information content (AvgIpc) is 0.895. The first-order valence-corrected chi connectivity index (χ1v) is 48.4. The van der Waals surface area contributed by atoms with Gasteiger partial charge in [0, 0.05) is 83.8 Å². The van der Waals surface area contributed by atoms with Gasteiger partial charge < -0.3 is 56.6 Å². The van der Waals surface area contributed by atoms with Crippen LogP contribution >= 0.6 is 94.6 Å². The highest BCUT2D eigenvalue weighted by Crippen LogP contribution is 2.30. The van der Waals surface area contributed by atoms with E-state index in [1.165, 1.54) is 56.2 Å². The summed E-state index contributed by atoms with van der Waals surface area (Å²) in [5, 5.41) is 70.2. The largest absolute Gasteiger partial charge is 0.481 e. The van der Waals surface area contributed by atoms with Crippen molar-refractivity contribution in [2.75, 3.05) is 72.5 Å². The van der Waals surface area contributed by atoms with Crippen molar-refractivity contribution < 1.29 is 70.9 Å². The van der Waals surface area contributed by atoms with Gasteiger partial charge in [0.2, 0.25) is 0 Å². The number of nitrogens with zero attached hydrogens (tertiary/aromatic N) is 6. The van der Waals surface area contributed by atoms with Gasteiger partial charge in [-0.05, 0) is 354 Å². The third kappa shape index (κ3) is 72.4. The van der Waals surface area contributed by atoms with Crippen LogP contribution in [0.1, 0.15) is 162 Å². The summed E-state index contributed by atoms with van der Waals surface area (Å²) in [6.45, 7) is 32.3. The Kier molecular flexibility index (Phi) is 78.0. The van der Waals surface area contributed by atoms with Crippen molar-refractivity contribution in [1.29, 1.82) is 1.17 Å². The second-order valence-electron chi connectivity index (χ2n) is 29.2. The van der Waals surface area contributed by atoms with E-state index < -0.39 is 31.2 Å². The van der Waals surface area contributed by atoms with Gasteiger partial charge in [-0.3, -0.25) is 14.0 Å². The van der Waals surface area contributed by atoms with E-state index in [1.54, 1.807) is 113 Å². The van der Waals surface area contributed by atoms with E-state index >= 15 is 0 Å². The summed E-state index contributed by atoms with van der Waals surface area (Å²) >= 11 is 17.7. The van der Waals surface area contributed by atoms with Crippen molar-refractivity contribution in [3.8, 4) is 89.1 Å². The van der Waals surface area contributed by atoms with Gasteiger partial charge >= 0.3 is 17.9 Å². The maximum absolute atomic E-state index is 12.1. The number of terminal acetylenes is 1. The fraction of sp³-hybridized carbons (Fsp3) is 0.318. The SMILES string of the molecule is C#CC#CC#CC#CC#CC#CC#CC.CC(=O)O.CC(C)CI.CC(C)CSc1ccc(N)cc1.CC(C)CSc1ccc(N=Nc2ccc(C(=O)N[C@H](CO)[C@@H](C)O)cc2)cc1.CC(C)CSc1ccc(N=Nc2ccc(C(=O)O)cc2)cc1.CCO.CCOC(=O)c1ccc(N=Nc2ccc(SCC(C)C)cc2)cc1.CCOC(=O)c1ccc(ON)cc1.Nc1ccc(S)cc1.[2H]CF.[2H]Cl.[3H]C. The molecule has 9 rings (SSSR count). The standard InChI is InChI=1S/C21H27N3O3S.C19H22N2O2S.C17H18N2O2S.C15H4.C10H15NS.C9H11NO3.C6H7NS.C4H9I.C2H4O2.C2H6O.CH3F.CH4.ClH/c1-14(2)13-28-19-10-8-18(9-11-19)24-23-17-6-4-16(5-7-17)21(27)22-20(12-25)15(3)26;1-4-23-19(22)15-5-7-16(8-6-15)20-21-17-9-11-18(12-10-17)24-13-14(2)3;1-12(2)11-22-16-9-7-15(8-10-16)19-18-14-5-3-13(4-6-14)17(20)21;1-3-5-7-9-11-13-15-14-12-10-8-6-4-2;1-8(2)7-12-10-5-3-9(11)4-6-10;1-2-12-9(11)7-3-5-8(13-10)6-4-7;7-5-1-3-6(8)4-2-5;1-4(2)3-5;1-2(3)4;1-2-3;1-2;;/h4-11,14-15,20,25-26H,12-13H2,1-3H3,(H,22,27);5-12,14H,4,13H2,1-3H3;3-10,12H,11H2,1-2H3,(H,20,21);1H,2H3;3-6,8H,7,11H2,1-2H3;3-6H,2,10H2,1H3;1-4,8H,7H2;4H,3H2,1-2H3;1H3,(H,3,4);3H,2H2,1H3;1H3;1H4;1H/t15-,20-;;;;;;;;;;;;/m1............/s1/i;;;;;;;;;;1D;1T;/hD. The molecule has 0 fully saturated rings. The molecule has 138 heavy (non-hydrogen) atoms. The lowest BCUT2D eigenvalue weighted by atomic mass is 10.1. The fourth-order valence-electron chi connectivity index (χ4n) is 8.33. The van der Waals surface area contributed by atoms with E-state index in [2.05, 4.69) is 259 Å². The molecule has 0 saturated heterocycles. The number of thioether (sulfide) groups is 4. The van der Waals surface area contributed by atoms with Crippen LogP contribution in [0.3, 0.4) is 0 Å². The predicted octanol–water partition coefficient (Wildman–Crippen LogP) is 26.1. The molecule has 0 spiro atoms. The number of esters is 2. The Morgan fingerprint density at radius 3 is 0.964 bits per heavy atom. The van der Waals surface area contributed by atoms with Crippen molar-refractivity contribution in [3.63, 3.8) is 0 Å². The molecule has 2 atom stereocenters. The van der Waals surface area contributed by atoms with Gasteiger partial charge in [0.15, 0.2) is 0 Å². The summed E-state index contributed by atoms with van der Waals surface area (Å²) in [5.41, 5.74) is 18.5.